The number of rotatable bonds is 9. The second kappa shape index (κ2) is 8.07. The summed E-state index contributed by atoms with van der Waals surface area (Å²) in [4.78, 5) is 12.1. The number of ether oxygens (including phenoxy) is 3. The van der Waals surface area contributed by atoms with Crippen molar-refractivity contribution in [1.82, 2.24) is 0 Å². The molecule has 6 heteroatoms. The molecule has 18 heavy (non-hydrogen) atoms. The van der Waals surface area contributed by atoms with Crippen molar-refractivity contribution in [3.05, 3.63) is 15.8 Å². The van der Waals surface area contributed by atoms with Gasteiger partial charge in [0.2, 0.25) is 0 Å². The lowest BCUT2D eigenvalue weighted by Crippen LogP contribution is -2.07. The maximum Gasteiger partial charge on any atom is 0.349 e. The van der Waals surface area contributed by atoms with Crippen LogP contribution in [0.25, 0.3) is 0 Å². The van der Waals surface area contributed by atoms with Gasteiger partial charge < -0.3 is 19.3 Å². The molecule has 0 aliphatic carbocycles. The molecule has 102 valence electrons. The first-order valence-corrected chi connectivity index (χ1v) is 6.50. The fourth-order valence-electron chi connectivity index (χ4n) is 1.33. The molecule has 0 saturated carbocycles. The highest BCUT2D eigenvalue weighted by Crippen LogP contribution is 2.28. The van der Waals surface area contributed by atoms with Crippen LogP contribution in [0.3, 0.4) is 0 Å². The molecule has 0 unspecified atom stereocenters. The first-order chi connectivity index (χ1) is 8.65. The Bertz CT molecular complexity index is 375. The molecule has 0 aliphatic heterocycles. The van der Waals surface area contributed by atoms with Crippen LogP contribution in [-0.4, -0.2) is 44.6 Å². The number of carboxylic acids is 1. The van der Waals surface area contributed by atoms with E-state index in [0.717, 1.165) is 11.3 Å². The lowest BCUT2D eigenvalue weighted by atomic mass is 10.4. The van der Waals surface area contributed by atoms with Gasteiger partial charge in [-0.25, -0.2) is 4.79 Å². The van der Waals surface area contributed by atoms with E-state index >= 15 is 0 Å². The summed E-state index contributed by atoms with van der Waals surface area (Å²) < 4.78 is 15.6. The predicted octanol–water partition coefficient (Wildman–Crippen LogP) is 2.19. The molecule has 0 spiro atoms. The number of aryl methyl sites for hydroxylation is 1. The zero-order valence-electron chi connectivity index (χ0n) is 10.6. The Labute approximate surface area is 110 Å². The summed E-state index contributed by atoms with van der Waals surface area (Å²) in [5.41, 5.74) is 0. The average molecular weight is 274 g/mol. The van der Waals surface area contributed by atoms with Crippen molar-refractivity contribution in [3.8, 4) is 5.75 Å². The molecule has 0 fully saturated rings. The topological polar surface area (TPSA) is 65.0 Å². The second-order valence-corrected chi connectivity index (χ2v) is 4.92. The van der Waals surface area contributed by atoms with Gasteiger partial charge >= 0.3 is 5.97 Å². The number of thiophene rings is 1. The van der Waals surface area contributed by atoms with Crippen molar-refractivity contribution >= 4 is 17.3 Å². The van der Waals surface area contributed by atoms with Gasteiger partial charge in [-0.05, 0) is 13.0 Å². The summed E-state index contributed by atoms with van der Waals surface area (Å²) in [5.74, 6) is -0.499. The summed E-state index contributed by atoms with van der Waals surface area (Å²) in [6.45, 7) is 4.03. The average Bonchev–Trinajstić information content (AvgIpc) is 2.69. The van der Waals surface area contributed by atoms with E-state index in [9.17, 15) is 4.79 Å². The number of aromatic carboxylic acids is 1. The third-order valence-electron chi connectivity index (χ3n) is 2.14. The van der Waals surface area contributed by atoms with Gasteiger partial charge in [-0.3, -0.25) is 0 Å². The van der Waals surface area contributed by atoms with Gasteiger partial charge in [-0.2, -0.15) is 0 Å². The van der Waals surface area contributed by atoms with E-state index in [4.69, 9.17) is 19.3 Å². The molecular weight excluding hydrogens is 256 g/mol. The van der Waals surface area contributed by atoms with Crippen LogP contribution >= 0.6 is 11.3 Å². The Balaban J connectivity index is 2.25. The Morgan fingerprint density at radius 1 is 1.33 bits per heavy atom. The first kappa shape index (κ1) is 14.9. The molecule has 0 radical (unpaired) electrons. The van der Waals surface area contributed by atoms with Gasteiger partial charge in [0.1, 0.15) is 5.75 Å². The molecule has 1 rings (SSSR count). The van der Waals surface area contributed by atoms with Crippen molar-refractivity contribution in [2.24, 2.45) is 0 Å². The molecule has 0 saturated heterocycles. The molecule has 0 amide bonds. The molecule has 1 aromatic rings. The van der Waals surface area contributed by atoms with Crippen LogP contribution in [0.15, 0.2) is 6.07 Å². The van der Waals surface area contributed by atoms with Gasteiger partial charge in [0.15, 0.2) is 4.88 Å². The third kappa shape index (κ3) is 5.03. The summed E-state index contributed by atoms with van der Waals surface area (Å²) in [6.07, 6.45) is 0.720. The van der Waals surface area contributed by atoms with Gasteiger partial charge in [0.25, 0.3) is 0 Å². The van der Waals surface area contributed by atoms with E-state index < -0.39 is 5.97 Å². The van der Waals surface area contributed by atoms with E-state index in [1.165, 1.54) is 11.3 Å². The highest BCUT2D eigenvalue weighted by Gasteiger charge is 2.14. The van der Waals surface area contributed by atoms with Crippen LogP contribution in [0.1, 0.15) is 21.0 Å². The normalized spacial score (nSPS) is 10.6. The van der Waals surface area contributed by atoms with Crippen molar-refractivity contribution in [2.45, 2.75) is 13.3 Å². The monoisotopic (exact) mass is 274 g/mol. The fourth-order valence-corrected chi connectivity index (χ4v) is 2.13. The van der Waals surface area contributed by atoms with Crippen LogP contribution < -0.4 is 4.74 Å². The fraction of sp³-hybridized carbons (Fsp3) is 0.583. The molecular formula is C12H18O5S. The number of methoxy groups -OCH3 is 1. The molecule has 0 atom stereocenters. The molecule has 1 heterocycles. The van der Waals surface area contributed by atoms with Crippen molar-refractivity contribution in [2.75, 3.05) is 33.5 Å². The summed E-state index contributed by atoms with van der Waals surface area (Å²) in [5, 5.41) is 8.97. The SMILES string of the molecule is COCCOCCCOc1cc(C)sc1C(=O)O. The Morgan fingerprint density at radius 2 is 2.11 bits per heavy atom. The maximum absolute atomic E-state index is 10.9. The predicted molar refractivity (Wildman–Crippen MR) is 68.8 cm³/mol. The van der Waals surface area contributed by atoms with Crippen LogP contribution in [0, 0.1) is 6.92 Å². The third-order valence-corrected chi connectivity index (χ3v) is 3.16. The van der Waals surface area contributed by atoms with Crippen molar-refractivity contribution in [1.29, 1.82) is 0 Å². The zero-order valence-corrected chi connectivity index (χ0v) is 11.4. The van der Waals surface area contributed by atoms with Gasteiger partial charge in [-0.15, -0.1) is 11.3 Å². The van der Waals surface area contributed by atoms with E-state index in [2.05, 4.69) is 0 Å². The van der Waals surface area contributed by atoms with Crippen LogP contribution in [-0.2, 0) is 9.47 Å². The van der Waals surface area contributed by atoms with Crippen LogP contribution in [0.5, 0.6) is 5.75 Å². The van der Waals surface area contributed by atoms with E-state index in [1.54, 1.807) is 13.2 Å². The number of hydrogen-bond acceptors (Lipinski definition) is 5. The lowest BCUT2D eigenvalue weighted by Gasteiger charge is -2.06. The number of carbonyl (C=O) groups is 1. The van der Waals surface area contributed by atoms with Gasteiger partial charge in [-0.1, -0.05) is 0 Å². The highest BCUT2D eigenvalue weighted by atomic mass is 32.1. The Morgan fingerprint density at radius 3 is 2.78 bits per heavy atom. The Kier molecular flexibility index (Phi) is 6.70. The van der Waals surface area contributed by atoms with Crippen molar-refractivity contribution in [3.63, 3.8) is 0 Å². The molecule has 0 aromatic carbocycles. The number of carboxylic acid groups (broad SMARTS) is 1. The summed E-state index contributed by atoms with van der Waals surface area (Å²) in [7, 11) is 1.62. The Hall–Kier alpha value is -1.11. The standard InChI is InChI=1S/C12H18O5S/c1-9-8-10(11(18-9)12(13)14)17-5-3-4-16-7-6-15-2/h8H,3-7H2,1-2H3,(H,13,14). The zero-order chi connectivity index (χ0) is 13.4. The minimum atomic E-state index is -0.945. The van der Waals surface area contributed by atoms with E-state index in [0.29, 0.717) is 32.2 Å². The van der Waals surface area contributed by atoms with E-state index in [1.807, 2.05) is 6.92 Å². The smallest absolute Gasteiger partial charge is 0.349 e. The van der Waals surface area contributed by atoms with Crippen LogP contribution in [0.4, 0.5) is 0 Å². The maximum atomic E-state index is 10.9. The summed E-state index contributed by atoms with van der Waals surface area (Å²) in [6, 6.07) is 1.75. The second-order valence-electron chi connectivity index (χ2n) is 3.66. The minimum Gasteiger partial charge on any atom is -0.492 e. The molecule has 1 aromatic heterocycles. The van der Waals surface area contributed by atoms with Gasteiger partial charge in [0.05, 0.1) is 19.8 Å². The molecule has 5 nitrogen and oxygen atoms in total. The largest absolute Gasteiger partial charge is 0.492 e. The molecule has 0 aliphatic rings. The molecule has 1 N–H and O–H groups in total. The van der Waals surface area contributed by atoms with E-state index in [-0.39, 0.29) is 4.88 Å². The summed E-state index contributed by atoms with van der Waals surface area (Å²) >= 11 is 1.23. The van der Waals surface area contributed by atoms with Crippen molar-refractivity contribution < 1.29 is 24.1 Å². The quantitative estimate of drug-likeness (QED) is 0.699. The number of hydrogen-bond donors (Lipinski definition) is 1. The molecule has 0 bridgehead atoms. The van der Waals surface area contributed by atoms with Gasteiger partial charge in [0, 0.05) is 25.0 Å². The van der Waals surface area contributed by atoms with Crippen LogP contribution in [0.2, 0.25) is 0 Å². The lowest BCUT2D eigenvalue weighted by molar-refractivity contribution is 0.0639. The first-order valence-electron chi connectivity index (χ1n) is 5.68. The highest BCUT2D eigenvalue weighted by molar-refractivity contribution is 7.14. The minimum absolute atomic E-state index is 0.257.